The molecule has 0 radical (unpaired) electrons. The smallest absolute Gasteiger partial charge is 0.264 e. The number of benzene rings is 2. The van der Waals surface area contributed by atoms with Gasteiger partial charge in [0.25, 0.3) is 5.91 Å². The van der Waals surface area contributed by atoms with Crippen LogP contribution in [-0.4, -0.2) is 17.7 Å². The number of ether oxygens (including phenoxy) is 1. The Hall–Kier alpha value is -3.43. The fraction of sp³-hybridized carbons (Fsp3) is 0.111. The lowest BCUT2D eigenvalue weighted by atomic mass is 10.1. The van der Waals surface area contributed by atoms with Crippen LogP contribution in [0.25, 0.3) is 11.3 Å². The third-order valence-corrected chi connectivity index (χ3v) is 3.64. The fourth-order valence-corrected chi connectivity index (χ4v) is 2.22. The minimum absolute atomic E-state index is 0.0958. The van der Waals surface area contributed by atoms with Crippen molar-refractivity contribution in [2.75, 3.05) is 11.9 Å². The van der Waals surface area contributed by atoms with Gasteiger partial charge in [0.2, 0.25) is 35.0 Å². The molecule has 1 heterocycles. The van der Waals surface area contributed by atoms with Gasteiger partial charge in [-0.2, -0.15) is 8.78 Å². The number of hydrogen-bond acceptors (Lipinski definition) is 4. The molecule has 1 aromatic heterocycles. The fourth-order valence-electron chi connectivity index (χ4n) is 2.22. The van der Waals surface area contributed by atoms with Crippen molar-refractivity contribution < 1.29 is 36.0 Å². The predicted molar refractivity (Wildman–Crippen MR) is 87.0 cm³/mol. The highest BCUT2D eigenvalue weighted by Crippen LogP contribution is 2.29. The van der Waals surface area contributed by atoms with Crippen molar-refractivity contribution in [1.82, 2.24) is 5.16 Å². The molecule has 0 fully saturated rings. The molecule has 3 rings (SSSR count). The van der Waals surface area contributed by atoms with Crippen LogP contribution >= 0.6 is 0 Å². The average Bonchev–Trinajstić information content (AvgIpc) is 3.13. The summed E-state index contributed by atoms with van der Waals surface area (Å²) in [7, 11) is 0. The zero-order valence-corrected chi connectivity index (χ0v) is 14.2. The van der Waals surface area contributed by atoms with E-state index in [9.17, 15) is 26.7 Å². The highest BCUT2D eigenvalue weighted by Gasteiger charge is 2.27. The molecule has 10 heteroatoms. The standard InChI is InChI=1S/C18H11F5N2O3/c1-8-2-4-9(5-3-8)10-6-12(28-25-10)24-11(26)7-27-18-16(22)14(20)13(19)15(21)17(18)23/h2-6H,7H2,1H3,(H,24,26). The third-order valence-electron chi connectivity index (χ3n) is 3.64. The van der Waals surface area contributed by atoms with E-state index < -0.39 is 47.3 Å². The van der Waals surface area contributed by atoms with Gasteiger partial charge in [0.15, 0.2) is 12.4 Å². The van der Waals surface area contributed by atoms with Gasteiger partial charge in [-0.1, -0.05) is 35.0 Å². The number of hydrogen-bond donors (Lipinski definition) is 1. The van der Waals surface area contributed by atoms with Crippen molar-refractivity contribution in [2.24, 2.45) is 0 Å². The van der Waals surface area contributed by atoms with Crippen LogP contribution in [0.15, 0.2) is 34.9 Å². The third kappa shape index (κ3) is 3.80. The molecular weight excluding hydrogens is 387 g/mol. The molecule has 5 nitrogen and oxygen atoms in total. The first-order valence-electron chi connectivity index (χ1n) is 7.75. The number of carbonyl (C=O) groups excluding carboxylic acids is 1. The van der Waals surface area contributed by atoms with Gasteiger partial charge in [-0.05, 0) is 6.92 Å². The number of nitrogens with zero attached hydrogens (tertiary/aromatic N) is 1. The molecule has 0 saturated heterocycles. The molecular formula is C18H11F5N2O3. The number of aromatic nitrogens is 1. The molecule has 3 aromatic rings. The first-order chi connectivity index (χ1) is 13.3. The monoisotopic (exact) mass is 398 g/mol. The Kier molecular flexibility index (Phi) is 5.30. The van der Waals surface area contributed by atoms with E-state index in [0.29, 0.717) is 11.3 Å². The van der Waals surface area contributed by atoms with Crippen molar-refractivity contribution in [3.63, 3.8) is 0 Å². The normalized spacial score (nSPS) is 10.8. The van der Waals surface area contributed by atoms with E-state index in [1.165, 1.54) is 6.07 Å². The molecule has 0 aliphatic carbocycles. The molecule has 0 spiro atoms. The maximum Gasteiger partial charge on any atom is 0.264 e. The number of anilines is 1. The van der Waals surface area contributed by atoms with Crippen LogP contribution in [0.4, 0.5) is 27.8 Å². The van der Waals surface area contributed by atoms with E-state index in [1.807, 2.05) is 19.1 Å². The van der Waals surface area contributed by atoms with E-state index in [2.05, 4.69) is 15.2 Å². The quantitative estimate of drug-likeness (QED) is 0.394. The topological polar surface area (TPSA) is 64.4 Å². The molecule has 0 unspecified atom stereocenters. The lowest BCUT2D eigenvalue weighted by molar-refractivity contribution is -0.118. The molecule has 146 valence electrons. The average molecular weight is 398 g/mol. The summed E-state index contributed by atoms with van der Waals surface area (Å²) in [6.45, 7) is 0.877. The second-order valence-corrected chi connectivity index (χ2v) is 5.68. The first kappa shape index (κ1) is 19.3. The van der Waals surface area contributed by atoms with E-state index in [-0.39, 0.29) is 5.88 Å². The molecule has 1 N–H and O–H groups in total. The van der Waals surface area contributed by atoms with Crippen molar-refractivity contribution in [3.05, 3.63) is 65.0 Å². The van der Waals surface area contributed by atoms with Crippen LogP contribution in [0.3, 0.4) is 0 Å². The SMILES string of the molecule is Cc1ccc(-c2cc(NC(=O)COc3c(F)c(F)c(F)c(F)c3F)on2)cc1. The van der Waals surface area contributed by atoms with Crippen molar-refractivity contribution in [3.8, 4) is 17.0 Å². The first-order valence-corrected chi connectivity index (χ1v) is 7.75. The zero-order valence-electron chi connectivity index (χ0n) is 14.2. The molecule has 0 aliphatic heterocycles. The van der Waals surface area contributed by atoms with Gasteiger partial charge < -0.3 is 9.26 Å². The second-order valence-electron chi connectivity index (χ2n) is 5.68. The Bertz CT molecular complexity index is 1010. The molecule has 1 amide bonds. The largest absolute Gasteiger partial charge is 0.477 e. The minimum atomic E-state index is -2.32. The molecule has 28 heavy (non-hydrogen) atoms. The van der Waals surface area contributed by atoms with Crippen LogP contribution < -0.4 is 10.1 Å². The Morgan fingerprint density at radius 3 is 2.18 bits per heavy atom. The molecule has 0 aliphatic rings. The Morgan fingerprint density at radius 1 is 1.00 bits per heavy atom. The van der Waals surface area contributed by atoms with Crippen LogP contribution in [0, 0.1) is 36.0 Å². The summed E-state index contributed by atoms with van der Waals surface area (Å²) in [6.07, 6.45) is 0. The highest BCUT2D eigenvalue weighted by atomic mass is 19.2. The number of halogens is 5. The van der Waals surface area contributed by atoms with Crippen LogP contribution in [-0.2, 0) is 4.79 Å². The Balaban J connectivity index is 1.67. The van der Waals surface area contributed by atoms with E-state index in [0.717, 1.165) is 5.56 Å². The Morgan fingerprint density at radius 2 is 1.57 bits per heavy atom. The van der Waals surface area contributed by atoms with Crippen molar-refractivity contribution in [1.29, 1.82) is 0 Å². The molecule has 2 aromatic carbocycles. The number of rotatable bonds is 5. The lowest BCUT2D eigenvalue weighted by Gasteiger charge is -2.09. The lowest BCUT2D eigenvalue weighted by Crippen LogP contribution is -2.21. The van der Waals surface area contributed by atoms with E-state index >= 15 is 0 Å². The molecule has 0 saturated carbocycles. The van der Waals surface area contributed by atoms with Gasteiger partial charge in [-0.25, -0.2) is 13.2 Å². The zero-order chi connectivity index (χ0) is 20.4. The van der Waals surface area contributed by atoms with Gasteiger partial charge in [0, 0.05) is 11.6 Å². The van der Waals surface area contributed by atoms with Gasteiger partial charge >= 0.3 is 0 Å². The van der Waals surface area contributed by atoms with Crippen molar-refractivity contribution >= 4 is 11.8 Å². The predicted octanol–water partition coefficient (Wildman–Crippen LogP) is 4.36. The van der Waals surface area contributed by atoms with Crippen molar-refractivity contribution in [2.45, 2.75) is 6.92 Å². The number of aryl methyl sites for hydroxylation is 1. The van der Waals surface area contributed by atoms with Gasteiger partial charge in [-0.15, -0.1) is 0 Å². The van der Waals surface area contributed by atoms with Crippen LogP contribution in [0.1, 0.15) is 5.56 Å². The summed E-state index contributed by atoms with van der Waals surface area (Å²) in [5.74, 6) is -13.6. The van der Waals surface area contributed by atoms with Crippen LogP contribution in [0.2, 0.25) is 0 Å². The van der Waals surface area contributed by atoms with Gasteiger partial charge in [0.1, 0.15) is 5.69 Å². The summed E-state index contributed by atoms with van der Waals surface area (Å²) in [4.78, 5) is 11.8. The summed E-state index contributed by atoms with van der Waals surface area (Å²) in [5, 5.41) is 5.95. The van der Waals surface area contributed by atoms with E-state index in [4.69, 9.17) is 4.52 Å². The number of amides is 1. The summed E-state index contributed by atoms with van der Waals surface area (Å²) in [5.41, 5.74) is 2.16. The summed E-state index contributed by atoms with van der Waals surface area (Å²) in [6, 6.07) is 8.65. The number of carbonyl (C=O) groups is 1. The molecule has 0 atom stereocenters. The maximum atomic E-state index is 13.5. The summed E-state index contributed by atoms with van der Waals surface area (Å²) >= 11 is 0. The maximum absolute atomic E-state index is 13.5. The van der Waals surface area contributed by atoms with E-state index in [1.54, 1.807) is 12.1 Å². The van der Waals surface area contributed by atoms with Crippen LogP contribution in [0.5, 0.6) is 5.75 Å². The summed E-state index contributed by atoms with van der Waals surface area (Å²) < 4.78 is 75.5. The van der Waals surface area contributed by atoms with Gasteiger partial charge in [0.05, 0.1) is 0 Å². The molecule has 0 bridgehead atoms. The second kappa shape index (κ2) is 7.67. The van der Waals surface area contributed by atoms with Gasteiger partial charge in [-0.3, -0.25) is 10.1 Å². The highest BCUT2D eigenvalue weighted by molar-refractivity contribution is 5.91. The number of nitrogens with one attached hydrogen (secondary N) is 1. The Labute approximate surface area is 154 Å². The minimum Gasteiger partial charge on any atom is -0.477 e.